The highest BCUT2D eigenvalue weighted by atomic mass is 32.2. The third-order valence-electron chi connectivity index (χ3n) is 5.37. The lowest BCUT2D eigenvalue weighted by Crippen LogP contribution is -2.30. The van der Waals surface area contributed by atoms with Gasteiger partial charge in [-0.1, -0.05) is 77.5 Å². The lowest BCUT2D eigenvalue weighted by molar-refractivity contribution is -0.117. The van der Waals surface area contributed by atoms with Crippen LogP contribution < -0.4 is 10.2 Å². The van der Waals surface area contributed by atoms with Crippen LogP contribution >= 0.6 is 11.8 Å². The minimum Gasteiger partial charge on any atom is -0.321 e. The molecule has 0 aliphatic carbocycles. The molecule has 1 fully saturated rings. The number of hydrogen-bond acceptors (Lipinski definition) is 4. The maximum absolute atomic E-state index is 13.5. The molecule has 1 atom stereocenters. The molecule has 1 aliphatic heterocycles. The van der Waals surface area contributed by atoms with Gasteiger partial charge in [0.1, 0.15) is 16.7 Å². The number of rotatable bonds is 5. The highest BCUT2D eigenvalue weighted by Gasteiger charge is 2.40. The van der Waals surface area contributed by atoms with Gasteiger partial charge in [-0.2, -0.15) is 5.26 Å². The standard InChI is InChI=1S/C27H23N3O2S/c1-18-8-12-21(13-9-18)29-25(31)23(17-28)27-30(22-14-10-19(2)11-15-22)26(32)24(33-27)16-20-6-4-3-5-7-20/h3-15,24H,16H2,1-2H3,(H,29,31)/b27-23-/t24-/m1/s1. The van der Waals surface area contributed by atoms with Crippen LogP contribution in [0.4, 0.5) is 11.4 Å². The first kappa shape index (κ1) is 22.4. The van der Waals surface area contributed by atoms with Gasteiger partial charge in [-0.25, -0.2) is 0 Å². The Morgan fingerprint density at radius 2 is 1.58 bits per heavy atom. The third-order valence-corrected chi connectivity index (χ3v) is 6.63. The number of nitrogens with zero attached hydrogens (tertiary/aromatic N) is 2. The van der Waals surface area contributed by atoms with E-state index in [4.69, 9.17) is 0 Å². The van der Waals surface area contributed by atoms with Crippen molar-refractivity contribution in [3.05, 3.63) is 106 Å². The Kier molecular flexibility index (Phi) is 6.62. The number of thioether (sulfide) groups is 1. The number of nitriles is 1. The van der Waals surface area contributed by atoms with Crippen LogP contribution in [0.25, 0.3) is 0 Å². The lowest BCUT2D eigenvalue weighted by Gasteiger charge is -2.19. The molecule has 0 saturated carbocycles. The molecule has 0 aromatic heterocycles. The van der Waals surface area contributed by atoms with Crippen LogP contribution in [0.1, 0.15) is 16.7 Å². The molecule has 3 aromatic rings. The van der Waals surface area contributed by atoms with Crippen LogP contribution in [-0.4, -0.2) is 17.1 Å². The molecule has 0 spiro atoms. The van der Waals surface area contributed by atoms with E-state index in [1.807, 2.05) is 86.6 Å². The molecule has 0 unspecified atom stereocenters. The summed E-state index contributed by atoms with van der Waals surface area (Å²) in [5.74, 6) is -0.673. The fourth-order valence-corrected chi connectivity index (χ4v) is 4.88. The second-order valence-electron chi connectivity index (χ2n) is 7.92. The van der Waals surface area contributed by atoms with Gasteiger partial charge in [0, 0.05) is 11.4 Å². The number of amides is 2. The average Bonchev–Trinajstić information content (AvgIpc) is 3.12. The second kappa shape index (κ2) is 9.76. The summed E-state index contributed by atoms with van der Waals surface area (Å²) in [6.07, 6.45) is 0.508. The van der Waals surface area contributed by atoms with E-state index in [0.29, 0.717) is 22.8 Å². The highest BCUT2D eigenvalue weighted by Crippen LogP contribution is 2.42. The van der Waals surface area contributed by atoms with Crippen LogP contribution in [-0.2, 0) is 16.0 Å². The number of hydrogen-bond donors (Lipinski definition) is 1. The zero-order valence-corrected chi connectivity index (χ0v) is 19.2. The normalized spacial score (nSPS) is 16.9. The highest BCUT2D eigenvalue weighted by molar-refractivity contribution is 8.05. The summed E-state index contributed by atoms with van der Waals surface area (Å²) >= 11 is 1.27. The maximum atomic E-state index is 13.5. The summed E-state index contributed by atoms with van der Waals surface area (Å²) in [6.45, 7) is 3.93. The van der Waals surface area contributed by atoms with Crippen molar-refractivity contribution in [1.29, 1.82) is 5.26 Å². The fraction of sp³-hybridized carbons (Fsp3) is 0.148. The number of carbonyl (C=O) groups is 2. The summed E-state index contributed by atoms with van der Waals surface area (Å²) in [7, 11) is 0. The van der Waals surface area contributed by atoms with Crippen molar-refractivity contribution in [2.24, 2.45) is 0 Å². The lowest BCUT2D eigenvalue weighted by atomic mass is 10.1. The minimum atomic E-state index is -0.533. The molecule has 4 rings (SSSR count). The monoisotopic (exact) mass is 453 g/mol. The van der Waals surface area contributed by atoms with Crippen molar-refractivity contribution in [1.82, 2.24) is 0 Å². The van der Waals surface area contributed by atoms with Gasteiger partial charge >= 0.3 is 0 Å². The molecule has 1 aliphatic rings. The fourth-order valence-electron chi connectivity index (χ4n) is 3.57. The number of nitrogens with one attached hydrogen (secondary N) is 1. The van der Waals surface area contributed by atoms with Crippen LogP contribution in [0.15, 0.2) is 89.5 Å². The van der Waals surface area contributed by atoms with Gasteiger partial charge in [-0.15, -0.1) is 0 Å². The van der Waals surface area contributed by atoms with Crippen LogP contribution in [0.2, 0.25) is 0 Å². The Hall–Kier alpha value is -3.82. The number of aryl methyl sites for hydroxylation is 2. The van der Waals surface area contributed by atoms with E-state index in [-0.39, 0.29) is 11.5 Å². The predicted molar refractivity (Wildman–Crippen MR) is 133 cm³/mol. The van der Waals surface area contributed by atoms with Gasteiger partial charge in [0.15, 0.2) is 0 Å². The quantitative estimate of drug-likeness (QED) is 0.416. The molecule has 3 aromatic carbocycles. The van der Waals surface area contributed by atoms with E-state index in [1.165, 1.54) is 16.7 Å². The van der Waals surface area contributed by atoms with E-state index < -0.39 is 11.2 Å². The molecular weight excluding hydrogens is 430 g/mol. The maximum Gasteiger partial charge on any atom is 0.269 e. The topological polar surface area (TPSA) is 73.2 Å². The second-order valence-corrected chi connectivity index (χ2v) is 9.11. The van der Waals surface area contributed by atoms with E-state index in [9.17, 15) is 14.9 Å². The molecular formula is C27H23N3O2S. The largest absolute Gasteiger partial charge is 0.321 e. The third kappa shape index (κ3) is 5.00. The molecule has 2 amide bonds. The van der Waals surface area contributed by atoms with Crippen molar-refractivity contribution >= 4 is 35.0 Å². The Bertz CT molecular complexity index is 1240. The van der Waals surface area contributed by atoms with Crippen molar-refractivity contribution in [2.75, 3.05) is 10.2 Å². The number of anilines is 2. The molecule has 1 saturated heterocycles. The molecule has 1 heterocycles. The average molecular weight is 454 g/mol. The molecule has 164 valence electrons. The summed E-state index contributed by atoms with van der Waals surface area (Å²) in [5, 5.41) is 12.6. The Balaban J connectivity index is 1.72. The summed E-state index contributed by atoms with van der Waals surface area (Å²) < 4.78 is 0. The van der Waals surface area contributed by atoms with Crippen molar-refractivity contribution < 1.29 is 9.59 Å². The number of carbonyl (C=O) groups excluding carboxylic acids is 2. The predicted octanol–water partition coefficient (Wildman–Crippen LogP) is 5.37. The van der Waals surface area contributed by atoms with Crippen LogP contribution in [0, 0.1) is 25.2 Å². The molecule has 6 heteroatoms. The van der Waals surface area contributed by atoms with Gasteiger partial charge in [0.2, 0.25) is 5.91 Å². The van der Waals surface area contributed by atoms with Crippen molar-refractivity contribution in [2.45, 2.75) is 25.5 Å². The van der Waals surface area contributed by atoms with Crippen molar-refractivity contribution in [3.63, 3.8) is 0 Å². The molecule has 0 bridgehead atoms. The SMILES string of the molecule is Cc1ccc(NC(=O)/C(C#N)=C2\S[C@H](Cc3ccccc3)C(=O)N2c2ccc(C)cc2)cc1. The molecule has 1 N–H and O–H groups in total. The summed E-state index contributed by atoms with van der Waals surface area (Å²) in [5.41, 5.74) is 4.30. The molecule has 5 nitrogen and oxygen atoms in total. The van der Waals surface area contributed by atoms with Crippen molar-refractivity contribution in [3.8, 4) is 6.07 Å². The van der Waals surface area contributed by atoms with Gasteiger partial charge in [-0.3, -0.25) is 14.5 Å². The Labute approximate surface area is 197 Å². The van der Waals surface area contributed by atoms with Gasteiger partial charge in [0.05, 0.1) is 5.25 Å². The van der Waals surface area contributed by atoms with Crippen LogP contribution in [0.3, 0.4) is 0 Å². The number of benzene rings is 3. The first-order valence-corrected chi connectivity index (χ1v) is 11.5. The Morgan fingerprint density at radius 3 is 2.18 bits per heavy atom. The van der Waals surface area contributed by atoms with Gasteiger partial charge in [0.25, 0.3) is 5.91 Å². The summed E-state index contributed by atoms with van der Waals surface area (Å²) in [4.78, 5) is 28.1. The van der Waals surface area contributed by atoms with E-state index in [0.717, 1.165) is 16.7 Å². The zero-order valence-electron chi connectivity index (χ0n) is 18.4. The molecule has 0 radical (unpaired) electrons. The summed E-state index contributed by atoms with van der Waals surface area (Å²) in [6, 6.07) is 26.6. The van der Waals surface area contributed by atoms with E-state index in [1.54, 1.807) is 12.1 Å². The zero-order chi connectivity index (χ0) is 23.4. The first-order chi connectivity index (χ1) is 16.0. The molecule has 33 heavy (non-hydrogen) atoms. The van der Waals surface area contributed by atoms with E-state index >= 15 is 0 Å². The Morgan fingerprint density at radius 1 is 0.970 bits per heavy atom. The van der Waals surface area contributed by atoms with Gasteiger partial charge < -0.3 is 5.32 Å². The van der Waals surface area contributed by atoms with E-state index in [2.05, 4.69) is 5.32 Å². The minimum absolute atomic E-state index is 0.0786. The smallest absolute Gasteiger partial charge is 0.269 e. The first-order valence-electron chi connectivity index (χ1n) is 10.6. The van der Waals surface area contributed by atoms with Crippen LogP contribution in [0.5, 0.6) is 0 Å². The van der Waals surface area contributed by atoms with Gasteiger partial charge in [-0.05, 0) is 50.1 Å².